The van der Waals surface area contributed by atoms with E-state index < -0.39 is 0 Å². The minimum absolute atomic E-state index is 0.153. The van der Waals surface area contributed by atoms with Crippen molar-refractivity contribution in [2.45, 2.75) is 6.92 Å². The molecule has 0 amide bonds. The van der Waals surface area contributed by atoms with Crippen LogP contribution in [-0.2, 0) is 0 Å². The summed E-state index contributed by atoms with van der Waals surface area (Å²) in [4.78, 5) is 9.13. The largest absolute Gasteiger partial charge is 0.494 e. The molecule has 1 aliphatic rings. The number of aromatic nitrogens is 1. The maximum atomic E-state index is 14.0. The summed E-state index contributed by atoms with van der Waals surface area (Å²) in [7, 11) is 0. The Kier molecular flexibility index (Phi) is 4.44. The van der Waals surface area contributed by atoms with Gasteiger partial charge in [0.15, 0.2) is 5.13 Å². The number of thiazole rings is 1. The van der Waals surface area contributed by atoms with Gasteiger partial charge in [0.25, 0.3) is 0 Å². The van der Waals surface area contributed by atoms with E-state index in [4.69, 9.17) is 9.72 Å². The second-order valence-corrected chi connectivity index (χ2v) is 6.99. The molecule has 2 heterocycles. The van der Waals surface area contributed by atoms with Crippen LogP contribution in [0.25, 0.3) is 10.2 Å². The van der Waals surface area contributed by atoms with E-state index in [9.17, 15) is 4.39 Å². The van der Waals surface area contributed by atoms with Crippen LogP contribution in [0.2, 0.25) is 0 Å². The highest BCUT2D eigenvalue weighted by Crippen LogP contribution is 2.32. The van der Waals surface area contributed by atoms with Crippen molar-refractivity contribution < 1.29 is 9.13 Å². The van der Waals surface area contributed by atoms with E-state index in [1.807, 2.05) is 31.2 Å². The molecule has 1 fully saturated rings. The molecular formula is C19H20FN3OS. The summed E-state index contributed by atoms with van der Waals surface area (Å²) < 4.78 is 20.7. The number of hydrogen-bond acceptors (Lipinski definition) is 5. The zero-order valence-corrected chi connectivity index (χ0v) is 14.9. The molecule has 0 radical (unpaired) electrons. The quantitative estimate of drug-likeness (QED) is 0.701. The topological polar surface area (TPSA) is 28.6 Å². The Bertz CT molecular complexity index is 874. The summed E-state index contributed by atoms with van der Waals surface area (Å²) in [5.74, 6) is 0.731. The highest BCUT2D eigenvalue weighted by molar-refractivity contribution is 7.22. The van der Waals surface area contributed by atoms with Gasteiger partial charge in [0, 0.05) is 26.2 Å². The molecule has 6 heteroatoms. The molecule has 0 bridgehead atoms. The van der Waals surface area contributed by atoms with Gasteiger partial charge in [-0.05, 0) is 37.3 Å². The van der Waals surface area contributed by atoms with Crippen molar-refractivity contribution in [2.24, 2.45) is 0 Å². The molecular weight excluding hydrogens is 337 g/mol. The second-order valence-electron chi connectivity index (χ2n) is 5.98. The van der Waals surface area contributed by atoms with Crippen molar-refractivity contribution >= 4 is 32.4 Å². The molecule has 0 aliphatic carbocycles. The van der Waals surface area contributed by atoms with Crippen LogP contribution in [0.15, 0.2) is 42.5 Å². The first-order chi connectivity index (χ1) is 12.2. The molecule has 4 rings (SSSR count). The molecule has 130 valence electrons. The first kappa shape index (κ1) is 16.1. The Morgan fingerprint density at radius 2 is 1.84 bits per heavy atom. The lowest BCUT2D eigenvalue weighted by atomic mass is 10.2. The summed E-state index contributed by atoms with van der Waals surface area (Å²) in [5.41, 5.74) is 1.69. The Balaban J connectivity index is 1.49. The van der Waals surface area contributed by atoms with Gasteiger partial charge in [-0.15, -0.1) is 0 Å². The van der Waals surface area contributed by atoms with Gasteiger partial charge in [-0.3, -0.25) is 0 Å². The number of fused-ring (bicyclic) bond motifs is 1. The van der Waals surface area contributed by atoms with Gasteiger partial charge >= 0.3 is 0 Å². The third kappa shape index (κ3) is 3.26. The van der Waals surface area contributed by atoms with Crippen molar-refractivity contribution in [3.63, 3.8) is 0 Å². The Morgan fingerprint density at radius 3 is 2.60 bits per heavy atom. The fourth-order valence-corrected chi connectivity index (χ4v) is 4.18. The number of hydrogen-bond donors (Lipinski definition) is 0. The van der Waals surface area contributed by atoms with Gasteiger partial charge in [0.1, 0.15) is 11.6 Å². The lowest BCUT2D eigenvalue weighted by molar-refractivity contribution is 0.341. The average Bonchev–Trinajstić information content (AvgIpc) is 3.06. The van der Waals surface area contributed by atoms with E-state index in [-0.39, 0.29) is 5.82 Å². The van der Waals surface area contributed by atoms with E-state index >= 15 is 0 Å². The summed E-state index contributed by atoms with van der Waals surface area (Å²) in [6, 6.07) is 13.0. The number of piperazine rings is 1. The monoisotopic (exact) mass is 357 g/mol. The van der Waals surface area contributed by atoms with E-state index in [2.05, 4.69) is 15.9 Å². The SMILES string of the molecule is CCOc1ccc2nc(N3CCN(c4ccccc4F)CC3)sc2c1. The lowest BCUT2D eigenvalue weighted by Gasteiger charge is -2.36. The van der Waals surface area contributed by atoms with Crippen LogP contribution in [0.5, 0.6) is 5.75 Å². The molecule has 1 saturated heterocycles. The van der Waals surface area contributed by atoms with Crippen molar-refractivity contribution in [1.82, 2.24) is 4.98 Å². The molecule has 1 aromatic heterocycles. The Morgan fingerprint density at radius 1 is 1.08 bits per heavy atom. The van der Waals surface area contributed by atoms with Crippen LogP contribution in [0, 0.1) is 5.82 Å². The average molecular weight is 357 g/mol. The van der Waals surface area contributed by atoms with Crippen LogP contribution in [-0.4, -0.2) is 37.8 Å². The number of anilines is 2. The Hall–Kier alpha value is -2.34. The van der Waals surface area contributed by atoms with Crippen molar-refractivity contribution in [2.75, 3.05) is 42.6 Å². The number of nitrogens with zero attached hydrogens (tertiary/aromatic N) is 3. The first-order valence-corrected chi connectivity index (χ1v) is 9.34. The minimum Gasteiger partial charge on any atom is -0.494 e. The molecule has 0 unspecified atom stereocenters. The van der Waals surface area contributed by atoms with Gasteiger partial charge in [-0.2, -0.15) is 0 Å². The molecule has 2 aromatic carbocycles. The lowest BCUT2D eigenvalue weighted by Crippen LogP contribution is -2.46. The molecule has 4 nitrogen and oxygen atoms in total. The minimum atomic E-state index is -0.153. The number of benzene rings is 2. The maximum Gasteiger partial charge on any atom is 0.186 e. The molecule has 0 N–H and O–H groups in total. The summed E-state index contributed by atoms with van der Waals surface area (Å²) in [6.07, 6.45) is 0. The van der Waals surface area contributed by atoms with Gasteiger partial charge in [-0.25, -0.2) is 9.37 Å². The maximum absolute atomic E-state index is 14.0. The van der Waals surface area contributed by atoms with Crippen LogP contribution in [0.3, 0.4) is 0 Å². The third-order valence-electron chi connectivity index (χ3n) is 4.40. The summed E-state index contributed by atoms with van der Waals surface area (Å²) in [5, 5.41) is 1.02. The molecule has 0 saturated carbocycles. The van der Waals surface area contributed by atoms with E-state index in [1.54, 1.807) is 17.4 Å². The fraction of sp³-hybridized carbons (Fsp3) is 0.316. The number of ether oxygens (including phenoxy) is 1. The molecule has 0 spiro atoms. The van der Waals surface area contributed by atoms with Crippen LogP contribution < -0.4 is 14.5 Å². The van der Waals surface area contributed by atoms with Crippen LogP contribution in [0.1, 0.15) is 6.92 Å². The molecule has 1 aliphatic heterocycles. The Labute approximate surface area is 150 Å². The smallest absolute Gasteiger partial charge is 0.186 e. The molecule has 25 heavy (non-hydrogen) atoms. The summed E-state index contributed by atoms with van der Waals surface area (Å²) in [6.45, 7) is 5.91. The number of rotatable bonds is 4. The number of para-hydroxylation sites is 1. The first-order valence-electron chi connectivity index (χ1n) is 8.52. The van der Waals surface area contributed by atoms with Gasteiger partial charge in [0.05, 0.1) is 22.5 Å². The van der Waals surface area contributed by atoms with E-state index in [0.29, 0.717) is 12.3 Å². The number of halogens is 1. The highest BCUT2D eigenvalue weighted by Gasteiger charge is 2.21. The van der Waals surface area contributed by atoms with Crippen LogP contribution >= 0.6 is 11.3 Å². The highest BCUT2D eigenvalue weighted by atomic mass is 32.1. The van der Waals surface area contributed by atoms with E-state index in [0.717, 1.165) is 47.3 Å². The van der Waals surface area contributed by atoms with Gasteiger partial charge in [-0.1, -0.05) is 23.5 Å². The molecule has 0 atom stereocenters. The molecule has 3 aromatic rings. The second kappa shape index (κ2) is 6.88. The third-order valence-corrected chi connectivity index (χ3v) is 5.48. The fourth-order valence-electron chi connectivity index (χ4n) is 3.13. The van der Waals surface area contributed by atoms with Crippen LogP contribution in [0.4, 0.5) is 15.2 Å². The standard InChI is InChI=1S/C19H20FN3OS/c1-2-24-14-7-8-16-18(13-14)25-19(21-16)23-11-9-22(10-12-23)17-6-4-3-5-15(17)20/h3-8,13H,2,9-12H2,1H3. The predicted octanol–water partition coefficient (Wildman–Crippen LogP) is 4.16. The zero-order valence-electron chi connectivity index (χ0n) is 14.1. The normalized spacial score (nSPS) is 15.0. The van der Waals surface area contributed by atoms with Crippen molar-refractivity contribution in [1.29, 1.82) is 0 Å². The van der Waals surface area contributed by atoms with Gasteiger partial charge in [0.2, 0.25) is 0 Å². The van der Waals surface area contributed by atoms with E-state index in [1.165, 1.54) is 6.07 Å². The van der Waals surface area contributed by atoms with Crippen molar-refractivity contribution in [3.8, 4) is 5.75 Å². The van der Waals surface area contributed by atoms with Crippen molar-refractivity contribution in [3.05, 3.63) is 48.3 Å². The predicted molar refractivity (Wildman–Crippen MR) is 102 cm³/mol. The zero-order chi connectivity index (χ0) is 17.2. The summed E-state index contributed by atoms with van der Waals surface area (Å²) >= 11 is 1.69. The van der Waals surface area contributed by atoms with Gasteiger partial charge < -0.3 is 14.5 Å².